The summed E-state index contributed by atoms with van der Waals surface area (Å²) >= 11 is 0. The van der Waals surface area contributed by atoms with Crippen molar-refractivity contribution in [3.05, 3.63) is 0 Å². The average Bonchev–Trinajstić information content (AvgIpc) is 2.29. The Labute approximate surface area is 117 Å². The molecule has 2 atom stereocenters. The maximum Gasteiger partial charge on any atom is 0.223 e. The Morgan fingerprint density at radius 1 is 1.28 bits per heavy atom. The van der Waals surface area contributed by atoms with Crippen LogP contribution in [0.25, 0.3) is 0 Å². The lowest BCUT2D eigenvalue weighted by Crippen LogP contribution is -2.51. The standard InChI is InChI=1S/C14H26N2O.ClH/c1-11-10-12(6-9-15-11)13(17)16-14(2)7-4-3-5-8-14;/h11-12,15H,3-10H2,1-2H3,(H,16,17);1H/t11-,12-;/m0./s1. The highest BCUT2D eigenvalue weighted by molar-refractivity contribution is 5.85. The molecule has 0 aromatic rings. The third-order valence-electron chi connectivity index (χ3n) is 4.38. The van der Waals surface area contributed by atoms with Gasteiger partial charge in [-0.15, -0.1) is 12.4 Å². The van der Waals surface area contributed by atoms with Crippen molar-refractivity contribution in [2.45, 2.75) is 70.4 Å². The van der Waals surface area contributed by atoms with Gasteiger partial charge in [-0.25, -0.2) is 0 Å². The van der Waals surface area contributed by atoms with Gasteiger partial charge in [-0.2, -0.15) is 0 Å². The van der Waals surface area contributed by atoms with Crippen molar-refractivity contribution in [2.75, 3.05) is 6.54 Å². The van der Waals surface area contributed by atoms with E-state index in [0.29, 0.717) is 11.9 Å². The van der Waals surface area contributed by atoms with Crippen molar-refractivity contribution in [1.29, 1.82) is 0 Å². The number of hydrogen-bond acceptors (Lipinski definition) is 2. The summed E-state index contributed by atoms with van der Waals surface area (Å²) in [7, 11) is 0. The van der Waals surface area contributed by atoms with E-state index in [1.807, 2.05) is 0 Å². The van der Waals surface area contributed by atoms with Crippen molar-refractivity contribution >= 4 is 18.3 Å². The van der Waals surface area contributed by atoms with Crippen molar-refractivity contribution in [3.63, 3.8) is 0 Å². The number of rotatable bonds is 2. The van der Waals surface area contributed by atoms with Gasteiger partial charge in [0.2, 0.25) is 5.91 Å². The Hall–Kier alpha value is -0.280. The van der Waals surface area contributed by atoms with Crippen molar-refractivity contribution in [3.8, 4) is 0 Å². The highest BCUT2D eigenvalue weighted by atomic mass is 35.5. The molecule has 0 aromatic carbocycles. The Bertz CT molecular complexity index is 277. The fourth-order valence-corrected chi connectivity index (χ4v) is 3.23. The van der Waals surface area contributed by atoms with Crippen LogP contribution >= 0.6 is 12.4 Å². The second kappa shape index (κ2) is 6.76. The summed E-state index contributed by atoms with van der Waals surface area (Å²) in [6.07, 6.45) is 8.14. The van der Waals surface area contributed by atoms with E-state index in [4.69, 9.17) is 0 Å². The molecular weight excluding hydrogens is 248 g/mol. The van der Waals surface area contributed by atoms with Crippen LogP contribution in [0.4, 0.5) is 0 Å². The number of halogens is 1. The van der Waals surface area contributed by atoms with Crippen LogP contribution in [-0.2, 0) is 4.79 Å². The lowest BCUT2D eigenvalue weighted by molar-refractivity contribution is -0.128. The summed E-state index contributed by atoms with van der Waals surface area (Å²) < 4.78 is 0. The van der Waals surface area contributed by atoms with Gasteiger partial charge in [-0.1, -0.05) is 19.3 Å². The summed E-state index contributed by atoms with van der Waals surface area (Å²) in [5.41, 5.74) is 0.0729. The van der Waals surface area contributed by atoms with Crippen LogP contribution < -0.4 is 10.6 Å². The van der Waals surface area contributed by atoms with Crippen LogP contribution in [0.5, 0.6) is 0 Å². The molecular formula is C14H27ClN2O. The molecule has 1 amide bonds. The van der Waals surface area contributed by atoms with E-state index in [-0.39, 0.29) is 23.9 Å². The number of piperidine rings is 1. The Kier molecular flexibility index (Phi) is 5.93. The molecule has 1 saturated carbocycles. The summed E-state index contributed by atoms with van der Waals surface area (Å²) in [6, 6.07) is 0.485. The highest BCUT2D eigenvalue weighted by Gasteiger charge is 2.32. The van der Waals surface area contributed by atoms with Gasteiger partial charge in [0, 0.05) is 17.5 Å². The molecule has 2 N–H and O–H groups in total. The van der Waals surface area contributed by atoms with Crippen molar-refractivity contribution in [1.82, 2.24) is 10.6 Å². The van der Waals surface area contributed by atoms with E-state index in [9.17, 15) is 4.79 Å². The molecule has 4 heteroatoms. The fraction of sp³-hybridized carbons (Fsp3) is 0.929. The van der Waals surface area contributed by atoms with E-state index in [1.165, 1.54) is 19.3 Å². The Morgan fingerprint density at radius 3 is 2.56 bits per heavy atom. The third-order valence-corrected chi connectivity index (χ3v) is 4.38. The Balaban J connectivity index is 0.00000162. The number of amides is 1. The Morgan fingerprint density at radius 2 is 1.94 bits per heavy atom. The maximum absolute atomic E-state index is 12.3. The molecule has 1 aliphatic carbocycles. The fourth-order valence-electron chi connectivity index (χ4n) is 3.23. The second-order valence-electron chi connectivity index (χ2n) is 6.19. The smallest absolute Gasteiger partial charge is 0.223 e. The zero-order chi connectivity index (χ0) is 12.3. The minimum Gasteiger partial charge on any atom is -0.351 e. The second-order valence-corrected chi connectivity index (χ2v) is 6.19. The normalized spacial score (nSPS) is 31.2. The van der Waals surface area contributed by atoms with Crippen molar-refractivity contribution in [2.24, 2.45) is 5.92 Å². The zero-order valence-electron chi connectivity index (χ0n) is 11.6. The number of hydrogen-bond donors (Lipinski definition) is 2. The van der Waals surface area contributed by atoms with Gasteiger partial charge < -0.3 is 10.6 Å². The van der Waals surface area contributed by atoms with E-state index < -0.39 is 0 Å². The van der Waals surface area contributed by atoms with Crippen LogP contribution in [-0.4, -0.2) is 24.0 Å². The molecule has 106 valence electrons. The largest absolute Gasteiger partial charge is 0.351 e. The zero-order valence-corrected chi connectivity index (χ0v) is 12.4. The minimum absolute atomic E-state index is 0. The van der Waals surface area contributed by atoms with E-state index in [2.05, 4.69) is 24.5 Å². The molecule has 2 aliphatic rings. The molecule has 3 nitrogen and oxygen atoms in total. The van der Waals surface area contributed by atoms with Gasteiger partial charge >= 0.3 is 0 Å². The molecule has 0 aromatic heterocycles. The molecule has 2 rings (SSSR count). The first-order chi connectivity index (χ1) is 8.09. The first kappa shape index (κ1) is 15.8. The monoisotopic (exact) mass is 274 g/mol. The van der Waals surface area contributed by atoms with Crippen LogP contribution in [0.3, 0.4) is 0 Å². The van der Waals surface area contributed by atoms with Gasteiger partial charge in [0.1, 0.15) is 0 Å². The summed E-state index contributed by atoms with van der Waals surface area (Å²) in [5, 5.41) is 6.72. The topological polar surface area (TPSA) is 41.1 Å². The van der Waals surface area contributed by atoms with Gasteiger partial charge in [-0.3, -0.25) is 4.79 Å². The van der Waals surface area contributed by atoms with Crippen molar-refractivity contribution < 1.29 is 4.79 Å². The molecule has 0 unspecified atom stereocenters. The van der Waals surface area contributed by atoms with Crippen LogP contribution in [0.1, 0.15) is 58.8 Å². The van der Waals surface area contributed by atoms with Gasteiger partial charge in [0.25, 0.3) is 0 Å². The highest BCUT2D eigenvalue weighted by Crippen LogP contribution is 2.28. The summed E-state index contributed by atoms with van der Waals surface area (Å²) in [6.45, 7) is 5.37. The minimum atomic E-state index is 0. The number of nitrogens with one attached hydrogen (secondary N) is 2. The predicted octanol–water partition coefficient (Wildman–Crippen LogP) is 2.64. The van der Waals surface area contributed by atoms with Gasteiger partial charge in [-0.05, 0) is 46.1 Å². The van der Waals surface area contributed by atoms with E-state index in [1.54, 1.807) is 0 Å². The maximum atomic E-state index is 12.3. The van der Waals surface area contributed by atoms with Crippen LogP contribution in [0.15, 0.2) is 0 Å². The lowest BCUT2D eigenvalue weighted by Gasteiger charge is -2.37. The molecule has 0 bridgehead atoms. The SMILES string of the molecule is C[C@H]1C[C@@H](C(=O)NC2(C)CCCCC2)CCN1.Cl. The summed E-state index contributed by atoms with van der Waals surface area (Å²) in [5.74, 6) is 0.521. The van der Waals surface area contributed by atoms with Crippen LogP contribution in [0, 0.1) is 5.92 Å². The molecule has 2 fully saturated rings. The molecule has 0 radical (unpaired) electrons. The molecule has 1 aliphatic heterocycles. The predicted molar refractivity (Wildman–Crippen MR) is 77.1 cm³/mol. The number of carbonyl (C=O) groups is 1. The molecule has 1 saturated heterocycles. The van der Waals surface area contributed by atoms with E-state index in [0.717, 1.165) is 32.2 Å². The first-order valence-electron chi connectivity index (χ1n) is 7.14. The lowest BCUT2D eigenvalue weighted by atomic mass is 9.82. The van der Waals surface area contributed by atoms with E-state index >= 15 is 0 Å². The first-order valence-corrected chi connectivity index (χ1v) is 7.14. The third kappa shape index (κ3) is 4.13. The average molecular weight is 275 g/mol. The molecule has 1 heterocycles. The molecule has 0 spiro atoms. The van der Waals surface area contributed by atoms with Gasteiger partial charge in [0.05, 0.1) is 0 Å². The molecule has 18 heavy (non-hydrogen) atoms. The van der Waals surface area contributed by atoms with Crippen LogP contribution in [0.2, 0.25) is 0 Å². The summed E-state index contributed by atoms with van der Waals surface area (Å²) in [4.78, 5) is 12.3. The quantitative estimate of drug-likeness (QED) is 0.813. The number of carbonyl (C=O) groups excluding carboxylic acids is 1. The van der Waals surface area contributed by atoms with Gasteiger partial charge in [0.15, 0.2) is 0 Å².